The summed E-state index contributed by atoms with van der Waals surface area (Å²) >= 11 is 0. The maximum atomic E-state index is 13.4. The molecule has 3 rings (SSSR count). The quantitative estimate of drug-likeness (QED) is 0.751. The van der Waals surface area contributed by atoms with Crippen molar-refractivity contribution in [1.82, 2.24) is 15.0 Å². The first-order valence-electron chi connectivity index (χ1n) is 9.65. The Kier molecular flexibility index (Phi) is 6.49. The summed E-state index contributed by atoms with van der Waals surface area (Å²) in [4.78, 5) is 11.9. The molecule has 2 aromatic heterocycles. The van der Waals surface area contributed by atoms with Gasteiger partial charge in [-0.1, -0.05) is 26.7 Å². The van der Waals surface area contributed by atoms with Crippen molar-refractivity contribution in [2.45, 2.75) is 57.9 Å². The highest BCUT2D eigenvalue weighted by Crippen LogP contribution is 2.32. The van der Waals surface area contributed by atoms with E-state index in [1.165, 1.54) is 12.4 Å². The van der Waals surface area contributed by atoms with Crippen molar-refractivity contribution in [3.63, 3.8) is 0 Å². The predicted molar refractivity (Wildman–Crippen MR) is 101 cm³/mol. The lowest BCUT2D eigenvalue weighted by atomic mass is 9.89. The normalized spacial score (nSPS) is 20.4. The van der Waals surface area contributed by atoms with Crippen LogP contribution in [0, 0.1) is 5.92 Å². The van der Waals surface area contributed by atoms with Crippen molar-refractivity contribution >= 4 is 5.82 Å². The largest absolute Gasteiger partial charge is 0.433 e. The molecule has 5 nitrogen and oxygen atoms in total. The van der Waals surface area contributed by atoms with Crippen molar-refractivity contribution in [2.24, 2.45) is 5.92 Å². The third kappa shape index (κ3) is 4.98. The maximum Gasteiger partial charge on any atom is 0.433 e. The number of rotatable bonds is 6. The van der Waals surface area contributed by atoms with Crippen molar-refractivity contribution in [2.75, 3.05) is 11.9 Å². The standard InChI is InChI=1S/C20H25F3N4O/c1-3-13(4-2)16-11-15(7-10-28-16)25-18-12-17(20(21,22)23)26-19(27-18)14-5-8-24-9-6-14/h5-6,8-9,12-13,15-16H,3-4,7,10-11H2,1-2H3,(H,25,26,27). The minimum atomic E-state index is -4.55. The molecule has 3 heterocycles. The lowest BCUT2D eigenvalue weighted by molar-refractivity contribution is -0.141. The Morgan fingerprint density at radius 3 is 2.54 bits per heavy atom. The molecular formula is C20H25F3N4O. The Labute approximate surface area is 162 Å². The lowest BCUT2D eigenvalue weighted by Crippen LogP contribution is -2.38. The van der Waals surface area contributed by atoms with E-state index in [1.807, 2.05) is 0 Å². The van der Waals surface area contributed by atoms with Crippen LogP contribution in [0.5, 0.6) is 0 Å². The molecule has 1 N–H and O–H groups in total. The van der Waals surface area contributed by atoms with E-state index in [-0.39, 0.29) is 23.8 Å². The first kappa shape index (κ1) is 20.5. The van der Waals surface area contributed by atoms with E-state index in [0.717, 1.165) is 31.7 Å². The molecule has 0 amide bonds. The van der Waals surface area contributed by atoms with E-state index in [2.05, 4.69) is 34.1 Å². The van der Waals surface area contributed by atoms with Gasteiger partial charge in [0.05, 0.1) is 6.10 Å². The number of pyridine rings is 1. The van der Waals surface area contributed by atoms with Crippen LogP contribution in [0.25, 0.3) is 11.4 Å². The van der Waals surface area contributed by atoms with Crippen LogP contribution in [0.1, 0.15) is 45.2 Å². The molecule has 0 radical (unpaired) electrons. The molecular weight excluding hydrogens is 369 g/mol. The van der Waals surface area contributed by atoms with Crippen LogP contribution < -0.4 is 5.32 Å². The van der Waals surface area contributed by atoms with E-state index in [9.17, 15) is 13.2 Å². The fourth-order valence-corrected chi connectivity index (χ4v) is 3.61. The Hall–Kier alpha value is -2.22. The predicted octanol–water partition coefficient (Wildman–Crippen LogP) is 4.95. The summed E-state index contributed by atoms with van der Waals surface area (Å²) in [5.41, 5.74) is -0.466. The van der Waals surface area contributed by atoms with Crippen molar-refractivity contribution < 1.29 is 17.9 Å². The van der Waals surface area contributed by atoms with Gasteiger partial charge in [-0.2, -0.15) is 13.2 Å². The van der Waals surface area contributed by atoms with Crippen LogP contribution in [-0.2, 0) is 10.9 Å². The number of anilines is 1. The van der Waals surface area contributed by atoms with E-state index < -0.39 is 11.9 Å². The SMILES string of the molecule is CCC(CC)C1CC(Nc2cc(C(F)(F)F)nc(-c3ccncc3)n2)CCO1. The van der Waals surface area contributed by atoms with Gasteiger partial charge in [-0.05, 0) is 30.9 Å². The van der Waals surface area contributed by atoms with E-state index in [0.29, 0.717) is 18.1 Å². The van der Waals surface area contributed by atoms with Gasteiger partial charge in [-0.15, -0.1) is 0 Å². The third-order valence-corrected chi connectivity index (χ3v) is 5.20. The highest BCUT2D eigenvalue weighted by atomic mass is 19.4. The molecule has 2 unspecified atom stereocenters. The molecule has 0 bridgehead atoms. The molecule has 28 heavy (non-hydrogen) atoms. The van der Waals surface area contributed by atoms with E-state index in [1.54, 1.807) is 12.1 Å². The lowest BCUT2D eigenvalue weighted by Gasteiger charge is -2.34. The highest BCUT2D eigenvalue weighted by molar-refractivity contribution is 5.57. The zero-order valence-electron chi connectivity index (χ0n) is 16.0. The molecule has 1 saturated heterocycles. The second kappa shape index (κ2) is 8.86. The first-order valence-corrected chi connectivity index (χ1v) is 9.65. The number of hydrogen-bond donors (Lipinski definition) is 1. The van der Waals surface area contributed by atoms with Gasteiger partial charge in [-0.25, -0.2) is 9.97 Å². The van der Waals surface area contributed by atoms with Crippen LogP contribution in [-0.4, -0.2) is 33.7 Å². The van der Waals surface area contributed by atoms with Crippen LogP contribution in [0.15, 0.2) is 30.6 Å². The van der Waals surface area contributed by atoms with Crippen LogP contribution >= 0.6 is 0 Å². The summed E-state index contributed by atoms with van der Waals surface area (Å²) in [6.45, 7) is 4.86. The Balaban J connectivity index is 1.85. The van der Waals surface area contributed by atoms with Crippen LogP contribution in [0.3, 0.4) is 0 Å². The topological polar surface area (TPSA) is 59.9 Å². The van der Waals surface area contributed by atoms with Gasteiger partial charge < -0.3 is 10.1 Å². The molecule has 0 spiro atoms. The molecule has 0 saturated carbocycles. The number of hydrogen-bond acceptors (Lipinski definition) is 5. The minimum Gasteiger partial charge on any atom is -0.378 e. The highest BCUT2D eigenvalue weighted by Gasteiger charge is 2.34. The Morgan fingerprint density at radius 2 is 1.89 bits per heavy atom. The summed E-state index contributed by atoms with van der Waals surface area (Å²) in [7, 11) is 0. The summed E-state index contributed by atoms with van der Waals surface area (Å²) in [5, 5.41) is 3.19. The molecule has 1 fully saturated rings. The second-order valence-electron chi connectivity index (χ2n) is 7.05. The minimum absolute atomic E-state index is 0.0145. The van der Waals surface area contributed by atoms with Gasteiger partial charge in [-0.3, -0.25) is 4.98 Å². The Morgan fingerprint density at radius 1 is 1.18 bits per heavy atom. The molecule has 1 aliphatic rings. The van der Waals surface area contributed by atoms with Gasteiger partial charge in [0.1, 0.15) is 5.82 Å². The van der Waals surface area contributed by atoms with Crippen molar-refractivity contribution in [3.05, 3.63) is 36.3 Å². The van der Waals surface area contributed by atoms with Gasteiger partial charge in [0, 0.05) is 36.7 Å². The Bertz CT molecular complexity index is 766. The summed E-state index contributed by atoms with van der Waals surface area (Å²) < 4.78 is 46.0. The molecule has 152 valence electrons. The van der Waals surface area contributed by atoms with Crippen LogP contribution in [0.4, 0.5) is 19.0 Å². The number of ether oxygens (including phenoxy) is 1. The fourth-order valence-electron chi connectivity index (χ4n) is 3.61. The van der Waals surface area contributed by atoms with Gasteiger partial charge >= 0.3 is 6.18 Å². The third-order valence-electron chi connectivity index (χ3n) is 5.20. The second-order valence-corrected chi connectivity index (χ2v) is 7.05. The summed E-state index contributed by atoms with van der Waals surface area (Å²) in [6, 6.07) is 4.18. The summed E-state index contributed by atoms with van der Waals surface area (Å²) in [6.07, 6.45) is 2.10. The molecule has 0 aromatic carbocycles. The van der Waals surface area contributed by atoms with Gasteiger partial charge in [0.25, 0.3) is 0 Å². The summed E-state index contributed by atoms with van der Waals surface area (Å²) in [5.74, 6) is 0.667. The number of halogens is 3. The number of alkyl halides is 3. The monoisotopic (exact) mass is 394 g/mol. The number of aromatic nitrogens is 3. The van der Waals surface area contributed by atoms with Gasteiger partial charge in [0.15, 0.2) is 11.5 Å². The van der Waals surface area contributed by atoms with Crippen molar-refractivity contribution in [3.8, 4) is 11.4 Å². The zero-order valence-corrected chi connectivity index (χ0v) is 16.0. The molecule has 2 aromatic rings. The average Bonchev–Trinajstić information content (AvgIpc) is 2.69. The molecule has 2 atom stereocenters. The van der Waals surface area contributed by atoms with E-state index >= 15 is 0 Å². The zero-order chi connectivity index (χ0) is 20.1. The van der Waals surface area contributed by atoms with Crippen LogP contribution in [0.2, 0.25) is 0 Å². The molecule has 0 aliphatic carbocycles. The van der Waals surface area contributed by atoms with E-state index in [4.69, 9.17) is 4.74 Å². The molecule has 1 aliphatic heterocycles. The smallest absolute Gasteiger partial charge is 0.378 e. The number of nitrogens with one attached hydrogen (secondary N) is 1. The maximum absolute atomic E-state index is 13.4. The van der Waals surface area contributed by atoms with Crippen molar-refractivity contribution in [1.29, 1.82) is 0 Å². The van der Waals surface area contributed by atoms with Gasteiger partial charge in [0.2, 0.25) is 0 Å². The number of nitrogens with zero attached hydrogens (tertiary/aromatic N) is 3. The fraction of sp³-hybridized carbons (Fsp3) is 0.550. The first-order chi connectivity index (χ1) is 13.4. The molecule has 8 heteroatoms. The average molecular weight is 394 g/mol.